The van der Waals surface area contributed by atoms with Gasteiger partial charge in [0.05, 0.1) is 6.61 Å². The highest BCUT2D eigenvalue weighted by Crippen LogP contribution is 2.28. The van der Waals surface area contributed by atoms with Crippen molar-refractivity contribution in [3.05, 3.63) is 0 Å². The zero-order chi connectivity index (χ0) is 61.8. The molecule has 2 fully saturated rings. The van der Waals surface area contributed by atoms with Crippen molar-refractivity contribution in [2.24, 2.45) is 17.8 Å². The maximum absolute atomic E-state index is 14.4. The van der Waals surface area contributed by atoms with Crippen LogP contribution in [0.15, 0.2) is 0 Å². The van der Waals surface area contributed by atoms with E-state index in [1.807, 2.05) is 41.5 Å². The molecule has 1 aliphatic carbocycles. The van der Waals surface area contributed by atoms with Crippen LogP contribution in [0.3, 0.4) is 0 Å². The van der Waals surface area contributed by atoms with Crippen molar-refractivity contribution in [3.63, 3.8) is 0 Å². The monoisotopic (exact) mass is 1160 g/mol. The van der Waals surface area contributed by atoms with Crippen LogP contribution in [-0.2, 0) is 47.9 Å². The minimum absolute atomic E-state index is 0.00339. The van der Waals surface area contributed by atoms with Gasteiger partial charge in [-0.15, -0.1) is 0 Å². The van der Waals surface area contributed by atoms with Gasteiger partial charge in [0.2, 0.25) is 59.1 Å². The third kappa shape index (κ3) is 26.5. The van der Waals surface area contributed by atoms with E-state index in [1.54, 1.807) is 4.90 Å². The molecule has 0 radical (unpaired) electrons. The zero-order valence-electron chi connectivity index (χ0n) is 52.4. The predicted molar refractivity (Wildman–Crippen MR) is 317 cm³/mol. The average molecular weight is 1160 g/mol. The van der Waals surface area contributed by atoms with Gasteiger partial charge in [0.1, 0.15) is 46.8 Å². The fourth-order valence-electron chi connectivity index (χ4n) is 10.3. The van der Waals surface area contributed by atoms with Crippen LogP contribution in [0.2, 0.25) is 0 Å². The lowest BCUT2D eigenvalue weighted by molar-refractivity contribution is -0.141. The molecule has 0 spiro atoms. The number of aliphatic hydroxyl groups excluding tert-OH is 1. The molecule has 0 aromatic heterocycles. The summed E-state index contributed by atoms with van der Waals surface area (Å²) in [5, 5.41) is 37.4. The molecule has 0 bridgehead atoms. The second-order valence-corrected chi connectivity index (χ2v) is 25.5. The third-order valence-corrected chi connectivity index (χ3v) is 15.2. The molecule has 11 N–H and O–H groups in total. The second-order valence-electron chi connectivity index (χ2n) is 25.5. The van der Waals surface area contributed by atoms with Crippen LogP contribution in [0, 0.1) is 17.8 Å². The normalized spacial score (nSPS) is 16.9. The lowest BCUT2D eigenvalue weighted by Gasteiger charge is -2.35. The topological polar surface area (TPSA) is 314 Å². The quantitative estimate of drug-likeness (QED) is 0.0394. The minimum Gasteiger partial charge on any atom is -0.395 e. The number of aliphatic hydroxyl groups is 1. The van der Waals surface area contributed by atoms with Gasteiger partial charge in [0, 0.05) is 45.1 Å². The molecule has 2 rings (SSSR count). The molecule has 22 nitrogen and oxygen atoms in total. The van der Waals surface area contributed by atoms with Crippen molar-refractivity contribution < 1.29 is 53.1 Å². The summed E-state index contributed by atoms with van der Waals surface area (Å²) in [6, 6.07) is -5.16. The molecular formula is C60H109N11O11. The van der Waals surface area contributed by atoms with Gasteiger partial charge in [-0.25, -0.2) is 0 Å². The molecule has 6 atom stereocenters. The second kappa shape index (κ2) is 36.4. The van der Waals surface area contributed by atoms with Crippen LogP contribution < -0.4 is 53.2 Å². The Kier molecular flexibility index (Phi) is 32.2. The highest BCUT2D eigenvalue weighted by atomic mass is 16.3. The number of unbranched alkanes of at least 4 members (excludes halogenated alkanes) is 5. The predicted octanol–water partition coefficient (Wildman–Crippen LogP) is 3.81. The number of likely N-dealkylation sites (tertiary alicyclic amines) is 1. The Bertz CT molecular complexity index is 2080. The van der Waals surface area contributed by atoms with Crippen LogP contribution >= 0.6 is 0 Å². The molecule has 82 heavy (non-hydrogen) atoms. The van der Waals surface area contributed by atoms with Crippen molar-refractivity contribution >= 4 is 59.1 Å². The molecule has 470 valence electrons. The molecule has 1 heterocycles. The molecular weight excluding hydrogens is 1050 g/mol. The van der Waals surface area contributed by atoms with E-state index in [2.05, 4.69) is 60.1 Å². The van der Waals surface area contributed by atoms with Gasteiger partial charge in [0.15, 0.2) is 0 Å². The van der Waals surface area contributed by atoms with Crippen molar-refractivity contribution in [3.8, 4) is 0 Å². The van der Waals surface area contributed by atoms with E-state index in [1.165, 1.54) is 41.5 Å². The standard InChI is InChI=1S/C60H109N11O11/c1-14-16-17-18-19-23-28-43(51(76)64-45(36-40(5)6)52(77)68-58(8,9)55(80)67-44(35-39(3)4)50(75)62-31-30-48(73)63-41(7)38-61-32-34-72)66-56(81)59(10,11)70-57(82)60(12,13)69-53(78)46(37-42-26-21-20-22-27-42)65-54(79)47-29-24-33-71(47)49(74)25-15-2/h39-47,61,72H,14-38H2,1-13H3,(H,62,75)(H,63,73)(H,64,76)(H,65,79)(H,66,81)(H,67,80)(H,68,77)(H,69,78)(H,70,82)/t41-,43+,44+,45+,46+,47+/m1/s1. The number of carbonyl (C=O) groups is 10. The number of hydrogen-bond donors (Lipinski definition) is 11. The number of nitrogens with one attached hydrogen (secondary N) is 10. The van der Waals surface area contributed by atoms with Gasteiger partial charge in [0.25, 0.3) is 0 Å². The fraction of sp³-hybridized carbons (Fsp3) is 0.833. The summed E-state index contributed by atoms with van der Waals surface area (Å²) in [6.07, 6.45) is 13.4. The summed E-state index contributed by atoms with van der Waals surface area (Å²) in [6.45, 7) is 23.6. The van der Waals surface area contributed by atoms with E-state index >= 15 is 0 Å². The molecule has 10 amide bonds. The molecule has 1 saturated carbocycles. The third-order valence-electron chi connectivity index (χ3n) is 15.2. The first-order chi connectivity index (χ1) is 38.5. The van der Waals surface area contributed by atoms with E-state index in [-0.39, 0.29) is 74.4 Å². The van der Waals surface area contributed by atoms with E-state index in [0.717, 1.165) is 64.2 Å². The van der Waals surface area contributed by atoms with E-state index in [9.17, 15) is 47.9 Å². The number of hydrogen-bond acceptors (Lipinski definition) is 12. The lowest BCUT2D eigenvalue weighted by atomic mass is 9.84. The summed E-state index contributed by atoms with van der Waals surface area (Å²) in [5.41, 5.74) is -4.79. The highest BCUT2D eigenvalue weighted by molar-refractivity contribution is 6.00. The summed E-state index contributed by atoms with van der Waals surface area (Å²) in [7, 11) is 0. The molecule has 1 saturated heterocycles. The summed E-state index contributed by atoms with van der Waals surface area (Å²) in [4.78, 5) is 140. The van der Waals surface area contributed by atoms with Crippen molar-refractivity contribution in [1.29, 1.82) is 0 Å². The van der Waals surface area contributed by atoms with Crippen LogP contribution in [-0.4, -0.2) is 155 Å². The molecule has 0 unspecified atom stereocenters. The number of nitrogens with zero attached hydrogens (tertiary/aromatic N) is 1. The lowest BCUT2D eigenvalue weighted by Crippen LogP contribution is -2.66. The van der Waals surface area contributed by atoms with Crippen LogP contribution in [0.1, 0.15) is 218 Å². The number of carbonyl (C=O) groups excluding carboxylic acids is 10. The molecule has 22 heteroatoms. The Morgan fingerprint density at radius 3 is 1.67 bits per heavy atom. The first-order valence-electron chi connectivity index (χ1n) is 30.9. The van der Waals surface area contributed by atoms with Crippen molar-refractivity contribution in [2.45, 2.75) is 271 Å². The van der Waals surface area contributed by atoms with Gasteiger partial charge < -0.3 is 63.2 Å². The Morgan fingerprint density at radius 2 is 1.09 bits per heavy atom. The Balaban J connectivity index is 2.26. The number of amides is 10. The van der Waals surface area contributed by atoms with Crippen molar-refractivity contribution in [1.82, 2.24) is 58.1 Å². The van der Waals surface area contributed by atoms with E-state index < -0.39 is 94.1 Å². The maximum atomic E-state index is 14.4. The SMILES string of the molecule is CCCCCCCC[C@H](NC(=O)C(C)(C)NC(=O)C(C)(C)NC(=O)[C@H](CC1CCCCC1)NC(=O)[C@@H]1CCCN1C(=O)CCC)C(=O)N[C@@H](CC(C)C)C(=O)NC(C)(C)C(=O)N[C@@H](CC(C)C)C(=O)NCCC(=O)N[C@H](C)CNCCO. The van der Waals surface area contributed by atoms with Crippen LogP contribution in [0.25, 0.3) is 0 Å². The van der Waals surface area contributed by atoms with E-state index in [4.69, 9.17) is 5.11 Å². The Morgan fingerprint density at radius 1 is 0.537 bits per heavy atom. The van der Waals surface area contributed by atoms with Crippen LogP contribution in [0.5, 0.6) is 0 Å². The van der Waals surface area contributed by atoms with Crippen LogP contribution in [0.4, 0.5) is 0 Å². The Hall–Kier alpha value is -5.38. The van der Waals surface area contributed by atoms with Gasteiger partial charge in [-0.3, -0.25) is 47.9 Å². The summed E-state index contributed by atoms with van der Waals surface area (Å²) < 4.78 is 0. The fourth-order valence-corrected chi connectivity index (χ4v) is 10.3. The number of rotatable bonds is 38. The zero-order valence-corrected chi connectivity index (χ0v) is 52.4. The van der Waals surface area contributed by atoms with Crippen molar-refractivity contribution in [2.75, 3.05) is 32.8 Å². The average Bonchev–Trinajstić information content (AvgIpc) is 4.05. The molecule has 1 aliphatic heterocycles. The van der Waals surface area contributed by atoms with Gasteiger partial charge in [-0.2, -0.15) is 0 Å². The first-order valence-corrected chi connectivity index (χ1v) is 30.9. The highest BCUT2D eigenvalue weighted by Gasteiger charge is 2.42. The summed E-state index contributed by atoms with van der Waals surface area (Å²) >= 11 is 0. The maximum Gasteiger partial charge on any atom is 0.246 e. The summed E-state index contributed by atoms with van der Waals surface area (Å²) in [5.74, 6) is -5.14. The van der Waals surface area contributed by atoms with Gasteiger partial charge in [-0.05, 0) is 111 Å². The largest absolute Gasteiger partial charge is 0.395 e. The van der Waals surface area contributed by atoms with E-state index in [0.29, 0.717) is 58.2 Å². The smallest absolute Gasteiger partial charge is 0.246 e. The molecule has 0 aromatic rings. The molecule has 2 aliphatic rings. The molecule has 0 aromatic carbocycles. The Labute approximate surface area is 490 Å². The minimum atomic E-state index is -1.63. The van der Waals surface area contributed by atoms with Gasteiger partial charge >= 0.3 is 0 Å². The van der Waals surface area contributed by atoms with Gasteiger partial charge in [-0.1, -0.05) is 112 Å². The first kappa shape index (κ1) is 72.7.